The third kappa shape index (κ3) is 3.19. The van der Waals surface area contributed by atoms with Gasteiger partial charge in [0.2, 0.25) is 0 Å². The summed E-state index contributed by atoms with van der Waals surface area (Å²) in [5.74, 6) is -1.18. The Labute approximate surface area is 138 Å². The summed E-state index contributed by atoms with van der Waals surface area (Å²) in [6.45, 7) is 3.57. The molecule has 0 saturated carbocycles. The monoisotopic (exact) mass is 333 g/mol. The average molecular weight is 333 g/mol. The van der Waals surface area contributed by atoms with Crippen molar-refractivity contribution < 1.29 is 19.1 Å². The minimum absolute atomic E-state index is 0.0152. The van der Waals surface area contributed by atoms with E-state index in [0.29, 0.717) is 11.4 Å². The SMILES string of the molecule is CCOC(=O)c1nnc2c(C(=O)OC)c(C)nn2c1/C=C/N(C)C. The van der Waals surface area contributed by atoms with Crippen LogP contribution < -0.4 is 0 Å². The smallest absolute Gasteiger partial charge is 0.361 e. The number of aryl methyl sites for hydroxylation is 1. The average Bonchev–Trinajstić information content (AvgIpc) is 2.87. The number of esters is 2. The Morgan fingerprint density at radius 2 is 1.96 bits per heavy atom. The molecule has 0 spiro atoms. The van der Waals surface area contributed by atoms with Gasteiger partial charge in [0.25, 0.3) is 0 Å². The van der Waals surface area contributed by atoms with Gasteiger partial charge in [-0.05, 0) is 19.9 Å². The maximum absolute atomic E-state index is 12.1. The summed E-state index contributed by atoms with van der Waals surface area (Å²) in [4.78, 5) is 25.9. The minimum Gasteiger partial charge on any atom is -0.465 e. The Morgan fingerprint density at radius 1 is 1.25 bits per heavy atom. The molecule has 0 radical (unpaired) electrons. The van der Waals surface area contributed by atoms with Crippen molar-refractivity contribution in [3.63, 3.8) is 0 Å². The Morgan fingerprint density at radius 3 is 2.54 bits per heavy atom. The summed E-state index contributed by atoms with van der Waals surface area (Å²) in [5.41, 5.74) is 1.23. The molecule has 0 aliphatic carbocycles. The molecule has 0 aliphatic heterocycles. The summed E-state index contributed by atoms with van der Waals surface area (Å²) in [6, 6.07) is 0. The first-order valence-electron chi connectivity index (χ1n) is 7.26. The van der Waals surface area contributed by atoms with E-state index in [2.05, 4.69) is 15.3 Å². The molecule has 2 aromatic rings. The van der Waals surface area contributed by atoms with Gasteiger partial charge in [-0.1, -0.05) is 0 Å². The van der Waals surface area contributed by atoms with E-state index in [1.165, 1.54) is 11.6 Å². The lowest BCUT2D eigenvalue weighted by Gasteiger charge is -2.08. The molecule has 2 heterocycles. The molecule has 0 aliphatic rings. The van der Waals surface area contributed by atoms with Crippen LogP contribution in [0.5, 0.6) is 0 Å². The van der Waals surface area contributed by atoms with Gasteiger partial charge in [-0.15, -0.1) is 10.2 Å². The molecule has 128 valence electrons. The van der Waals surface area contributed by atoms with Crippen molar-refractivity contribution in [1.82, 2.24) is 24.7 Å². The Bertz CT molecular complexity index is 810. The largest absolute Gasteiger partial charge is 0.465 e. The molecule has 0 atom stereocenters. The number of hydrogen-bond donors (Lipinski definition) is 0. The van der Waals surface area contributed by atoms with Crippen molar-refractivity contribution in [3.8, 4) is 0 Å². The van der Waals surface area contributed by atoms with Crippen LogP contribution in [-0.2, 0) is 9.47 Å². The molecule has 0 amide bonds. The molecule has 0 bridgehead atoms. The molecule has 2 aromatic heterocycles. The third-order valence-electron chi connectivity index (χ3n) is 3.14. The summed E-state index contributed by atoms with van der Waals surface area (Å²) >= 11 is 0. The lowest BCUT2D eigenvalue weighted by molar-refractivity contribution is 0.0516. The third-order valence-corrected chi connectivity index (χ3v) is 3.14. The number of ether oxygens (including phenoxy) is 2. The highest BCUT2D eigenvalue weighted by Gasteiger charge is 2.24. The maximum Gasteiger partial charge on any atom is 0.361 e. The van der Waals surface area contributed by atoms with Gasteiger partial charge in [-0.2, -0.15) is 5.10 Å². The number of hydrogen-bond acceptors (Lipinski definition) is 8. The highest BCUT2D eigenvalue weighted by Crippen LogP contribution is 2.18. The lowest BCUT2D eigenvalue weighted by atomic mass is 10.2. The fraction of sp³-hybridized carbons (Fsp3) is 0.400. The van der Waals surface area contributed by atoms with Gasteiger partial charge < -0.3 is 14.4 Å². The number of carbonyl (C=O) groups is 2. The van der Waals surface area contributed by atoms with Gasteiger partial charge >= 0.3 is 11.9 Å². The summed E-state index contributed by atoms with van der Waals surface area (Å²) < 4.78 is 11.2. The zero-order chi connectivity index (χ0) is 17.9. The van der Waals surface area contributed by atoms with Crippen LogP contribution in [0.4, 0.5) is 0 Å². The summed E-state index contributed by atoms with van der Waals surface area (Å²) in [7, 11) is 4.94. The molecule has 2 rings (SSSR count). The number of rotatable bonds is 5. The van der Waals surface area contributed by atoms with Crippen molar-refractivity contribution in [2.75, 3.05) is 27.8 Å². The van der Waals surface area contributed by atoms with Gasteiger partial charge in [-0.25, -0.2) is 14.1 Å². The van der Waals surface area contributed by atoms with E-state index < -0.39 is 11.9 Å². The first-order chi connectivity index (χ1) is 11.4. The molecule has 24 heavy (non-hydrogen) atoms. The van der Waals surface area contributed by atoms with Crippen LogP contribution in [0, 0.1) is 6.92 Å². The van der Waals surface area contributed by atoms with E-state index in [4.69, 9.17) is 9.47 Å². The highest BCUT2D eigenvalue weighted by molar-refractivity contribution is 5.98. The van der Waals surface area contributed by atoms with E-state index in [0.717, 1.165) is 0 Å². The van der Waals surface area contributed by atoms with Crippen LogP contribution in [0.1, 0.15) is 39.2 Å². The maximum atomic E-state index is 12.1. The van der Waals surface area contributed by atoms with Crippen molar-refractivity contribution >= 4 is 23.7 Å². The predicted molar refractivity (Wildman–Crippen MR) is 85.5 cm³/mol. The van der Waals surface area contributed by atoms with E-state index >= 15 is 0 Å². The molecule has 0 fully saturated rings. The Kier molecular flexibility index (Phi) is 5.12. The molecular weight excluding hydrogens is 314 g/mol. The molecular formula is C15H19N5O4. The second kappa shape index (κ2) is 7.07. The molecule has 0 aromatic carbocycles. The first kappa shape index (κ1) is 17.4. The van der Waals surface area contributed by atoms with Gasteiger partial charge in [0, 0.05) is 20.3 Å². The quantitative estimate of drug-likeness (QED) is 0.745. The molecule has 9 nitrogen and oxygen atoms in total. The van der Waals surface area contributed by atoms with E-state index in [-0.39, 0.29) is 23.5 Å². The zero-order valence-electron chi connectivity index (χ0n) is 14.2. The second-order valence-corrected chi connectivity index (χ2v) is 5.12. The standard InChI is InChI=1S/C15H19N5O4/c1-6-24-15(22)12-10(7-8-19(3)4)20-13(17-16-12)11(9(2)18-20)14(21)23-5/h7-8H,6H2,1-5H3/b8-7+. The van der Waals surface area contributed by atoms with Crippen molar-refractivity contribution in [2.45, 2.75) is 13.8 Å². The Balaban J connectivity index is 2.74. The zero-order valence-corrected chi connectivity index (χ0v) is 14.2. The summed E-state index contributed by atoms with van der Waals surface area (Å²) in [5, 5.41) is 12.2. The van der Waals surface area contributed by atoms with Gasteiger partial charge in [0.1, 0.15) is 11.3 Å². The van der Waals surface area contributed by atoms with E-state index in [1.807, 2.05) is 14.1 Å². The van der Waals surface area contributed by atoms with Gasteiger partial charge in [-0.3, -0.25) is 0 Å². The van der Waals surface area contributed by atoms with Crippen molar-refractivity contribution in [2.24, 2.45) is 0 Å². The lowest BCUT2D eigenvalue weighted by Crippen LogP contribution is -2.15. The number of nitrogens with zero attached hydrogens (tertiary/aromatic N) is 5. The minimum atomic E-state index is -0.613. The molecule has 0 unspecified atom stereocenters. The highest BCUT2D eigenvalue weighted by atomic mass is 16.5. The van der Waals surface area contributed by atoms with Crippen LogP contribution >= 0.6 is 0 Å². The van der Waals surface area contributed by atoms with E-state index in [1.54, 1.807) is 31.0 Å². The van der Waals surface area contributed by atoms with Crippen LogP contribution in [0.2, 0.25) is 0 Å². The number of methoxy groups -OCH3 is 1. The fourth-order valence-corrected chi connectivity index (χ4v) is 2.08. The van der Waals surface area contributed by atoms with Crippen LogP contribution in [0.15, 0.2) is 6.20 Å². The van der Waals surface area contributed by atoms with Crippen molar-refractivity contribution in [3.05, 3.63) is 28.8 Å². The van der Waals surface area contributed by atoms with Gasteiger partial charge in [0.15, 0.2) is 11.3 Å². The van der Waals surface area contributed by atoms with Crippen LogP contribution in [0.3, 0.4) is 0 Å². The number of fused-ring (bicyclic) bond motifs is 1. The van der Waals surface area contributed by atoms with Crippen LogP contribution in [0.25, 0.3) is 11.7 Å². The summed E-state index contributed by atoms with van der Waals surface area (Å²) in [6.07, 6.45) is 3.38. The topological polar surface area (TPSA) is 98.9 Å². The van der Waals surface area contributed by atoms with Crippen LogP contribution in [-0.4, -0.2) is 64.5 Å². The number of carbonyl (C=O) groups excluding carboxylic acids is 2. The molecule has 0 N–H and O–H groups in total. The molecule has 9 heteroatoms. The number of aromatic nitrogens is 4. The fourth-order valence-electron chi connectivity index (χ4n) is 2.08. The first-order valence-corrected chi connectivity index (χ1v) is 7.26. The predicted octanol–water partition coefficient (Wildman–Crippen LogP) is 0.928. The molecule has 0 saturated heterocycles. The van der Waals surface area contributed by atoms with Gasteiger partial charge in [0.05, 0.1) is 19.4 Å². The normalized spacial score (nSPS) is 11.0. The van der Waals surface area contributed by atoms with E-state index in [9.17, 15) is 9.59 Å². The Hall–Kier alpha value is -2.97. The van der Waals surface area contributed by atoms with Crippen molar-refractivity contribution in [1.29, 1.82) is 0 Å². The second-order valence-electron chi connectivity index (χ2n) is 5.12.